The summed E-state index contributed by atoms with van der Waals surface area (Å²) in [6.07, 6.45) is 1.69. The molecule has 0 aliphatic heterocycles. The Morgan fingerprint density at radius 2 is 1.34 bits per heavy atom. The van der Waals surface area contributed by atoms with E-state index in [1.54, 1.807) is 19.4 Å². The van der Waals surface area contributed by atoms with Gasteiger partial charge in [0.2, 0.25) is 0 Å². The fraction of sp³-hybridized carbons (Fsp3) is 0.0286. The van der Waals surface area contributed by atoms with Crippen molar-refractivity contribution >= 4 is 21.8 Å². The van der Waals surface area contributed by atoms with Crippen molar-refractivity contribution in [2.75, 3.05) is 7.11 Å². The molecule has 0 bridgehead atoms. The lowest BCUT2D eigenvalue weighted by Crippen LogP contribution is -2.22. The highest BCUT2D eigenvalue weighted by molar-refractivity contribution is 5.88. The van der Waals surface area contributed by atoms with Gasteiger partial charge in [0.25, 0.3) is 5.56 Å². The minimum Gasteiger partial charge on any atom is -0.497 e. The Labute approximate surface area is 236 Å². The molecule has 6 nitrogen and oxygen atoms in total. The summed E-state index contributed by atoms with van der Waals surface area (Å²) in [4.78, 5) is 22.4. The number of nitrogens with zero attached hydrogens (tertiary/aromatic N) is 4. The standard InChI is InChI=1S/C35H24N4O2/c1-41-30-16-14-25(15-17-30)31-22-29-7-4-20-36-34(29)37-35(31)39-33(40)19-18-32(38-39)26-11-8-24(9-12-26)28-13-10-23-5-2-3-6-27(23)21-28/h2-22H,1H3. The average molecular weight is 533 g/mol. The van der Waals surface area contributed by atoms with Crippen LogP contribution in [0.1, 0.15) is 0 Å². The Bertz CT molecular complexity index is 2100. The molecular formula is C35H24N4O2. The Balaban J connectivity index is 1.31. The average Bonchev–Trinajstić information content (AvgIpc) is 3.04. The summed E-state index contributed by atoms with van der Waals surface area (Å²) in [5.41, 5.74) is 5.73. The number of rotatable bonds is 5. The number of pyridine rings is 2. The smallest absolute Gasteiger partial charge is 0.272 e. The van der Waals surface area contributed by atoms with Gasteiger partial charge in [0, 0.05) is 28.8 Å². The van der Waals surface area contributed by atoms with E-state index in [-0.39, 0.29) is 5.56 Å². The van der Waals surface area contributed by atoms with Crippen LogP contribution in [0.2, 0.25) is 0 Å². The Morgan fingerprint density at radius 3 is 2.15 bits per heavy atom. The fourth-order valence-electron chi connectivity index (χ4n) is 5.06. The van der Waals surface area contributed by atoms with Crippen LogP contribution in [-0.4, -0.2) is 26.9 Å². The van der Waals surface area contributed by atoms with E-state index in [1.165, 1.54) is 21.5 Å². The molecule has 0 saturated heterocycles. The van der Waals surface area contributed by atoms with Crippen LogP contribution < -0.4 is 10.3 Å². The van der Waals surface area contributed by atoms with Crippen molar-refractivity contribution in [3.8, 4) is 45.1 Å². The second-order valence-corrected chi connectivity index (χ2v) is 9.75. The normalized spacial score (nSPS) is 11.1. The molecule has 0 fully saturated rings. The van der Waals surface area contributed by atoms with Crippen LogP contribution in [0.5, 0.6) is 5.75 Å². The molecule has 0 N–H and O–H groups in total. The zero-order valence-corrected chi connectivity index (χ0v) is 22.2. The van der Waals surface area contributed by atoms with Gasteiger partial charge in [-0.05, 0) is 69.9 Å². The van der Waals surface area contributed by atoms with Gasteiger partial charge in [0.05, 0.1) is 12.8 Å². The monoisotopic (exact) mass is 532 g/mol. The molecule has 0 aliphatic rings. The second kappa shape index (κ2) is 10.2. The Hall–Kier alpha value is -5.62. The molecule has 7 aromatic rings. The van der Waals surface area contributed by atoms with Gasteiger partial charge in [-0.15, -0.1) is 0 Å². The number of hydrogen-bond donors (Lipinski definition) is 0. The summed E-state index contributed by atoms with van der Waals surface area (Å²) in [7, 11) is 1.63. The van der Waals surface area contributed by atoms with Crippen LogP contribution in [0.15, 0.2) is 132 Å². The molecule has 3 aromatic heterocycles. The van der Waals surface area contributed by atoms with Crippen molar-refractivity contribution in [3.63, 3.8) is 0 Å². The molecule has 0 aliphatic carbocycles. The van der Waals surface area contributed by atoms with Crippen LogP contribution in [0.4, 0.5) is 0 Å². The summed E-state index contributed by atoms with van der Waals surface area (Å²) in [5.74, 6) is 1.16. The second-order valence-electron chi connectivity index (χ2n) is 9.75. The number of benzene rings is 4. The van der Waals surface area contributed by atoms with Crippen LogP contribution in [-0.2, 0) is 0 Å². The highest BCUT2D eigenvalue weighted by atomic mass is 16.5. The Morgan fingerprint density at radius 1 is 0.634 bits per heavy atom. The third-order valence-corrected chi connectivity index (χ3v) is 7.23. The van der Waals surface area contributed by atoms with Crippen molar-refractivity contribution in [3.05, 3.63) is 138 Å². The number of aromatic nitrogens is 4. The van der Waals surface area contributed by atoms with Crippen LogP contribution >= 0.6 is 0 Å². The van der Waals surface area contributed by atoms with Gasteiger partial charge in [-0.25, -0.2) is 9.97 Å². The van der Waals surface area contributed by atoms with Crippen molar-refractivity contribution in [1.82, 2.24) is 19.7 Å². The van der Waals surface area contributed by atoms with Gasteiger partial charge in [0.15, 0.2) is 11.5 Å². The molecule has 0 unspecified atom stereocenters. The van der Waals surface area contributed by atoms with Crippen molar-refractivity contribution < 1.29 is 4.74 Å². The first-order chi connectivity index (χ1) is 20.2. The van der Waals surface area contributed by atoms with Gasteiger partial charge in [0.1, 0.15) is 5.75 Å². The number of hydrogen-bond acceptors (Lipinski definition) is 5. The molecule has 0 saturated carbocycles. The first-order valence-electron chi connectivity index (χ1n) is 13.3. The van der Waals surface area contributed by atoms with Gasteiger partial charge in [-0.1, -0.05) is 72.8 Å². The van der Waals surface area contributed by atoms with Crippen molar-refractivity contribution in [2.45, 2.75) is 0 Å². The fourth-order valence-corrected chi connectivity index (χ4v) is 5.06. The predicted octanol–water partition coefficient (Wildman–Crippen LogP) is 7.34. The van der Waals surface area contributed by atoms with Crippen LogP contribution in [0.3, 0.4) is 0 Å². The maximum Gasteiger partial charge on any atom is 0.272 e. The lowest BCUT2D eigenvalue weighted by atomic mass is 10.00. The number of fused-ring (bicyclic) bond motifs is 2. The van der Waals surface area contributed by atoms with Crippen LogP contribution in [0, 0.1) is 0 Å². The maximum atomic E-state index is 13.2. The summed E-state index contributed by atoms with van der Waals surface area (Å²) in [6.45, 7) is 0. The molecule has 6 heteroatoms. The summed E-state index contributed by atoms with van der Waals surface area (Å²) < 4.78 is 6.70. The van der Waals surface area contributed by atoms with Gasteiger partial charge in [-0.2, -0.15) is 9.78 Å². The van der Waals surface area contributed by atoms with E-state index in [0.29, 0.717) is 17.2 Å². The van der Waals surface area contributed by atoms with E-state index in [9.17, 15) is 4.79 Å². The third kappa shape index (κ3) is 4.61. The topological polar surface area (TPSA) is 69.9 Å². The molecule has 7 rings (SSSR count). The molecule has 0 spiro atoms. The highest BCUT2D eigenvalue weighted by Crippen LogP contribution is 2.30. The van der Waals surface area contributed by atoms with Crippen molar-refractivity contribution in [2.24, 2.45) is 0 Å². The van der Waals surface area contributed by atoms with E-state index < -0.39 is 0 Å². The van der Waals surface area contributed by atoms with E-state index in [0.717, 1.165) is 39.0 Å². The lowest BCUT2D eigenvalue weighted by molar-refractivity contribution is 0.415. The van der Waals surface area contributed by atoms with Gasteiger partial charge in [-0.3, -0.25) is 4.79 Å². The molecule has 196 valence electrons. The Kier molecular flexibility index (Phi) is 6.06. The SMILES string of the molecule is COc1ccc(-c2cc3cccnc3nc2-n2nc(-c3ccc(-c4ccc5ccccc5c4)cc3)ccc2=O)cc1. The van der Waals surface area contributed by atoms with E-state index in [1.807, 2.05) is 60.7 Å². The first kappa shape index (κ1) is 24.4. The third-order valence-electron chi connectivity index (χ3n) is 7.23. The summed E-state index contributed by atoms with van der Waals surface area (Å²) in [5, 5.41) is 8.06. The van der Waals surface area contributed by atoms with E-state index >= 15 is 0 Å². The molecule has 3 heterocycles. The zero-order valence-electron chi connectivity index (χ0n) is 22.2. The largest absolute Gasteiger partial charge is 0.497 e. The molecular weight excluding hydrogens is 508 g/mol. The minimum absolute atomic E-state index is 0.279. The van der Waals surface area contributed by atoms with Crippen LogP contribution in [0.25, 0.3) is 61.1 Å². The summed E-state index contributed by atoms with van der Waals surface area (Å²) >= 11 is 0. The quantitative estimate of drug-likeness (QED) is 0.232. The van der Waals surface area contributed by atoms with Gasteiger partial charge < -0.3 is 4.74 Å². The molecule has 41 heavy (non-hydrogen) atoms. The van der Waals surface area contributed by atoms with E-state index in [2.05, 4.69) is 53.5 Å². The predicted molar refractivity (Wildman–Crippen MR) is 163 cm³/mol. The van der Waals surface area contributed by atoms with Gasteiger partial charge >= 0.3 is 0 Å². The minimum atomic E-state index is -0.279. The lowest BCUT2D eigenvalue weighted by Gasteiger charge is -2.13. The molecule has 0 amide bonds. The number of ether oxygens (including phenoxy) is 1. The molecule has 0 atom stereocenters. The zero-order chi connectivity index (χ0) is 27.8. The van der Waals surface area contributed by atoms with Crippen molar-refractivity contribution in [1.29, 1.82) is 0 Å². The van der Waals surface area contributed by atoms with E-state index in [4.69, 9.17) is 14.8 Å². The molecule has 0 radical (unpaired) electrons. The maximum absolute atomic E-state index is 13.2. The summed E-state index contributed by atoms with van der Waals surface area (Å²) in [6, 6.07) is 39.8. The number of methoxy groups -OCH3 is 1. The highest BCUT2D eigenvalue weighted by Gasteiger charge is 2.15. The molecule has 4 aromatic carbocycles. The first-order valence-corrected chi connectivity index (χ1v) is 13.3.